The molecule has 1 heterocycles. The molecule has 1 aromatic carbocycles. The molecule has 0 amide bonds. The summed E-state index contributed by atoms with van der Waals surface area (Å²) in [7, 11) is 0. The van der Waals surface area contributed by atoms with Crippen LogP contribution in [0, 0.1) is 25.2 Å². The molecule has 1 fully saturated rings. The second-order valence-electron chi connectivity index (χ2n) is 6.13. The molecule has 0 radical (unpaired) electrons. The van der Waals surface area contributed by atoms with E-state index in [4.69, 9.17) is 5.26 Å². The van der Waals surface area contributed by atoms with E-state index >= 15 is 0 Å². The van der Waals surface area contributed by atoms with Crippen molar-refractivity contribution in [2.75, 3.05) is 18.0 Å². The van der Waals surface area contributed by atoms with Gasteiger partial charge in [-0.05, 0) is 51.0 Å². The summed E-state index contributed by atoms with van der Waals surface area (Å²) in [6, 6.07) is 9.16. The van der Waals surface area contributed by atoms with Crippen LogP contribution in [0.4, 0.5) is 5.69 Å². The second-order valence-corrected chi connectivity index (χ2v) is 6.13. The van der Waals surface area contributed by atoms with Crippen LogP contribution < -0.4 is 10.2 Å². The molecule has 1 atom stereocenters. The Balaban J connectivity index is 2.28. The van der Waals surface area contributed by atoms with E-state index in [0.717, 1.165) is 13.1 Å². The fourth-order valence-electron chi connectivity index (χ4n) is 2.62. The molecule has 0 bridgehead atoms. The fraction of sp³-hybridized carbons (Fsp3) is 0.562. The van der Waals surface area contributed by atoms with Crippen LogP contribution in [-0.2, 0) is 0 Å². The number of rotatable bonds is 2. The lowest BCUT2D eigenvalue weighted by atomic mass is 9.95. The number of anilines is 1. The lowest BCUT2D eigenvalue weighted by Crippen LogP contribution is -2.62. The van der Waals surface area contributed by atoms with Crippen molar-refractivity contribution in [3.63, 3.8) is 0 Å². The molecule has 0 spiro atoms. The van der Waals surface area contributed by atoms with Gasteiger partial charge in [0.1, 0.15) is 0 Å². The third-order valence-electron chi connectivity index (χ3n) is 4.10. The summed E-state index contributed by atoms with van der Waals surface area (Å²) in [5, 5.41) is 12.3. The number of piperazine rings is 1. The molecule has 2 rings (SSSR count). The third-order valence-corrected chi connectivity index (χ3v) is 4.10. The molecular formula is C16H23N3. The Morgan fingerprint density at radius 3 is 2.74 bits per heavy atom. The van der Waals surface area contributed by atoms with Crippen molar-refractivity contribution in [2.24, 2.45) is 0 Å². The zero-order valence-electron chi connectivity index (χ0n) is 12.3. The van der Waals surface area contributed by atoms with Gasteiger partial charge in [-0.25, -0.2) is 0 Å². The molecular weight excluding hydrogens is 234 g/mol. The average Bonchev–Trinajstić information content (AvgIpc) is 2.35. The third kappa shape index (κ3) is 2.90. The molecule has 3 nitrogen and oxygen atoms in total. The minimum absolute atomic E-state index is 0.0770. The summed E-state index contributed by atoms with van der Waals surface area (Å²) in [6.07, 6.45) is 0.567. The number of nitrogens with zero attached hydrogens (tertiary/aromatic N) is 2. The van der Waals surface area contributed by atoms with Crippen LogP contribution in [0.2, 0.25) is 0 Å². The van der Waals surface area contributed by atoms with Crippen molar-refractivity contribution in [3.8, 4) is 6.07 Å². The first-order valence-corrected chi connectivity index (χ1v) is 6.89. The lowest BCUT2D eigenvalue weighted by Gasteiger charge is -2.47. The zero-order chi connectivity index (χ0) is 14.0. The van der Waals surface area contributed by atoms with Crippen LogP contribution >= 0.6 is 0 Å². The van der Waals surface area contributed by atoms with Gasteiger partial charge in [0.15, 0.2) is 0 Å². The molecule has 3 heteroatoms. The summed E-state index contributed by atoms with van der Waals surface area (Å²) in [4.78, 5) is 2.43. The second kappa shape index (κ2) is 5.22. The Labute approximate surface area is 116 Å². The van der Waals surface area contributed by atoms with E-state index in [1.165, 1.54) is 16.8 Å². The van der Waals surface area contributed by atoms with E-state index in [9.17, 15) is 0 Å². The largest absolute Gasteiger partial charge is 0.364 e. The van der Waals surface area contributed by atoms with Crippen molar-refractivity contribution in [1.82, 2.24) is 5.32 Å². The SMILES string of the molecule is Cc1ccc(N2CC(CC#N)NCC2(C)C)cc1C. The van der Waals surface area contributed by atoms with E-state index < -0.39 is 0 Å². The highest BCUT2D eigenvalue weighted by Gasteiger charge is 2.33. The summed E-state index contributed by atoms with van der Waals surface area (Å²) >= 11 is 0. The topological polar surface area (TPSA) is 39.1 Å². The number of nitriles is 1. The standard InChI is InChI=1S/C16H23N3/c1-12-5-6-15(9-13(12)2)19-10-14(7-8-17)18-11-16(19,3)4/h5-6,9,14,18H,7,10-11H2,1-4H3. The quantitative estimate of drug-likeness (QED) is 0.885. The zero-order valence-corrected chi connectivity index (χ0v) is 12.3. The van der Waals surface area contributed by atoms with Gasteiger partial charge in [-0.1, -0.05) is 6.07 Å². The monoisotopic (exact) mass is 257 g/mol. The Morgan fingerprint density at radius 2 is 2.11 bits per heavy atom. The molecule has 0 saturated carbocycles. The van der Waals surface area contributed by atoms with E-state index in [-0.39, 0.29) is 11.6 Å². The van der Waals surface area contributed by atoms with Gasteiger partial charge < -0.3 is 10.2 Å². The normalized spacial score (nSPS) is 22.1. The molecule has 19 heavy (non-hydrogen) atoms. The molecule has 102 valence electrons. The van der Waals surface area contributed by atoms with Crippen molar-refractivity contribution in [3.05, 3.63) is 29.3 Å². The maximum absolute atomic E-state index is 8.88. The van der Waals surface area contributed by atoms with Crippen molar-refractivity contribution < 1.29 is 0 Å². The first kappa shape index (κ1) is 13.9. The maximum Gasteiger partial charge on any atom is 0.0638 e. The van der Waals surface area contributed by atoms with E-state index in [1.54, 1.807) is 0 Å². The van der Waals surface area contributed by atoms with Crippen molar-refractivity contribution >= 4 is 5.69 Å². The highest BCUT2D eigenvalue weighted by atomic mass is 15.3. The lowest BCUT2D eigenvalue weighted by molar-refractivity contribution is 0.325. The molecule has 1 saturated heterocycles. The first-order valence-electron chi connectivity index (χ1n) is 6.89. The Hall–Kier alpha value is -1.53. The molecule has 1 aromatic rings. The van der Waals surface area contributed by atoms with Gasteiger partial charge in [0, 0.05) is 30.4 Å². The average molecular weight is 257 g/mol. The van der Waals surface area contributed by atoms with Gasteiger partial charge in [-0.15, -0.1) is 0 Å². The van der Waals surface area contributed by atoms with Gasteiger partial charge in [-0.3, -0.25) is 0 Å². The number of nitrogens with one attached hydrogen (secondary N) is 1. The minimum Gasteiger partial charge on any atom is -0.364 e. The molecule has 0 aromatic heterocycles. The number of aryl methyl sites for hydroxylation is 2. The number of benzene rings is 1. The Morgan fingerprint density at radius 1 is 1.37 bits per heavy atom. The van der Waals surface area contributed by atoms with Gasteiger partial charge in [0.25, 0.3) is 0 Å². The van der Waals surface area contributed by atoms with Gasteiger partial charge in [0.2, 0.25) is 0 Å². The molecule has 1 N–H and O–H groups in total. The number of hydrogen-bond donors (Lipinski definition) is 1. The highest BCUT2D eigenvalue weighted by molar-refractivity contribution is 5.53. The van der Waals surface area contributed by atoms with E-state index in [1.807, 2.05) is 0 Å². The minimum atomic E-state index is 0.0770. The molecule has 1 aliphatic heterocycles. The predicted octanol–water partition coefficient (Wildman–Crippen LogP) is 2.77. The molecule has 1 aliphatic rings. The summed E-state index contributed by atoms with van der Waals surface area (Å²) in [6.45, 7) is 10.6. The van der Waals surface area contributed by atoms with E-state index in [2.05, 4.69) is 62.2 Å². The van der Waals surface area contributed by atoms with Crippen molar-refractivity contribution in [2.45, 2.75) is 45.7 Å². The molecule has 1 unspecified atom stereocenters. The smallest absolute Gasteiger partial charge is 0.0638 e. The van der Waals surface area contributed by atoms with Gasteiger partial charge >= 0.3 is 0 Å². The first-order chi connectivity index (χ1) is 8.94. The summed E-state index contributed by atoms with van der Waals surface area (Å²) in [5.74, 6) is 0. The predicted molar refractivity (Wildman–Crippen MR) is 79.4 cm³/mol. The number of hydrogen-bond acceptors (Lipinski definition) is 3. The van der Waals surface area contributed by atoms with Crippen LogP contribution in [0.5, 0.6) is 0 Å². The van der Waals surface area contributed by atoms with Crippen LogP contribution in [0.15, 0.2) is 18.2 Å². The fourth-order valence-corrected chi connectivity index (χ4v) is 2.62. The molecule has 0 aliphatic carbocycles. The summed E-state index contributed by atoms with van der Waals surface area (Å²) < 4.78 is 0. The van der Waals surface area contributed by atoms with Crippen LogP contribution in [0.25, 0.3) is 0 Å². The van der Waals surface area contributed by atoms with Crippen molar-refractivity contribution in [1.29, 1.82) is 5.26 Å². The highest BCUT2D eigenvalue weighted by Crippen LogP contribution is 2.28. The van der Waals surface area contributed by atoms with E-state index in [0.29, 0.717) is 6.42 Å². The van der Waals surface area contributed by atoms with Gasteiger partial charge in [-0.2, -0.15) is 5.26 Å². The Bertz CT molecular complexity index is 499. The summed E-state index contributed by atoms with van der Waals surface area (Å²) in [5.41, 5.74) is 3.99. The van der Waals surface area contributed by atoms with Crippen LogP contribution in [0.1, 0.15) is 31.4 Å². The van der Waals surface area contributed by atoms with Crippen LogP contribution in [0.3, 0.4) is 0 Å². The Kier molecular flexibility index (Phi) is 3.82. The van der Waals surface area contributed by atoms with Gasteiger partial charge in [0.05, 0.1) is 12.5 Å². The van der Waals surface area contributed by atoms with Crippen LogP contribution in [-0.4, -0.2) is 24.7 Å². The maximum atomic E-state index is 8.88.